The molecule has 1 aliphatic rings. The number of hydrogen-bond donors (Lipinski definition) is 1. The summed E-state index contributed by atoms with van der Waals surface area (Å²) in [6.07, 6.45) is 0. The molecule has 1 aliphatic heterocycles. The summed E-state index contributed by atoms with van der Waals surface area (Å²) in [7, 11) is 1.69. The Labute approximate surface area is 170 Å². The first-order valence-electron chi connectivity index (χ1n) is 10.1. The van der Waals surface area contributed by atoms with E-state index >= 15 is 0 Å². The number of methoxy groups -OCH3 is 1. The average molecular weight is 395 g/mol. The quantitative estimate of drug-likeness (QED) is 0.650. The smallest absolute Gasteiger partial charge is 0.374 e. The number of ether oxygens (including phenoxy) is 2. The van der Waals surface area contributed by atoms with E-state index in [1.165, 1.54) is 10.6 Å². The lowest BCUT2D eigenvalue weighted by molar-refractivity contribution is -0.914. The van der Waals surface area contributed by atoms with Crippen LogP contribution in [-0.4, -0.2) is 45.9 Å². The van der Waals surface area contributed by atoms with Crippen molar-refractivity contribution in [1.82, 2.24) is 0 Å². The maximum Gasteiger partial charge on any atom is 0.374 e. The highest BCUT2D eigenvalue weighted by atomic mass is 16.5. The minimum absolute atomic E-state index is 0.335. The summed E-state index contributed by atoms with van der Waals surface area (Å²) in [5.74, 6) is 0.838. The molecule has 1 fully saturated rings. The van der Waals surface area contributed by atoms with Gasteiger partial charge in [0.05, 0.1) is 45.5 Å². The van der Waals surface area contributed by atoms with Crippen molar-refractivity contribution in [3.8, 4) is 5.75 Å². The predicted molar refractivity (Wildman–Crippen MR) is 112 cm³/mol. The van der Waals surface area contributed by atoms with Crippen LogP contribution in [0.25, 0.3) is 11.0 Å². The first-order valence-corrected chi connectivity index (χ1v) is 10.1. The predicted octanol–water partition coefficient (Wildman–Crippen LogP) is 2.52. The van der Waals surface area contributed by atoms with E-state index in [0.29, 0.717) is 12.4 Å². The van der Waals surface area contributed by atoms with Crippen LogP contribution in [0.3, 0.4) is 0 Å². The average Bonchev–Trinajstić information content (AvgIpc) is 3.13. The summed E-state index contributed by atoms with van der Waals surface area (Å²) in [5, 5.41) is 0.998. The molecule has 0 unspecified atom stereocenters. The van der Waals surface area contributed by atoms with Crippen LogP contribution in [0.1, 0.15) is 23.0 Å². The molecule has 2 aromatic carbocycles. The van der Waals surface area contributed by atoms with E-state index in [4.69, 9.17) is 13.9 Å². The Hall–Kier alpha value is -2.99. The number of quaternary nitrogens is 1. The van der Waals surface area contributed by atoms with E-state index < -0.39 is 0 Å². The van der Waals surface area contributed by atoms with E-state index in [0.717, 1.165) is 55.0 Å². The molecular weight excluding hydrogens is 368 g/mol. The van der Waals surface area contributed by atoms with Crippen molar-refractivity contribution in [3.63, 3.8) is 0 Å². The van der Waals surface area contributed by atoms with Crippen LogP contribution in [0, 0.1) is 0 Å². The highest BCUT2D eigenvalue weighted by Crippen LogP contribution is 2.26. The lowest BCUT2D eigenvalue weighted by Crippen LogP contribution is -3.13. The number of furan rings is 1. The standard InChI is InChI=1S/C23H26N2O4/c1-3-28-23(26)22-20(19-9-4-5-10-21(19)29-22)16-24-11-13-25(14-12-24)17-7-6-8-18(15-17)27-2/h4-10,15H,3,11-14,16H2,1-2H3/p+1. The van der Waals surface area contributed by atoms with E-state index in [1.807, 2.05) is 43.3 Å². The number of benzene rings is 2. The Kier molecular flexibility index (Phi) is 5.71. The maximum absolute atomic E-state index is 12.4. The van der Waals surface area contributed by atoms with Gasteiger partial charge in [0.2, 0.25) is 5.76 Å². The van der Waals surface area contributed by atoms with Crippen LogP contribution < -0.4 is 14.5 Å². The largest absolute Gasteiger partial charge is 0.497 e. The molecule has 0 bridgehead atoms. The lowest BCUT2D eigenvalue weighted by atomic mass is 10.1. The lowest BCUT2D eigenvalue weighted by Gasteiger charge is -2.33. The topological polar surface area (TPSA) is 56.3 Å². The van der Waals surface area contributed by atoms with Crippen molar-refractivity contribution in [1.29, 1.82) is 0 Å². The van der Waals surface area contributed by atoms with Crippen molar-refractivity contribution < 1.29 is 23.6 Å². The molecule has 0 aliphatic carbocycles. The number of rotatable bonds is 6. The minimum atomic E-state index is -0.381. The van der Waals surface area contributed by atoms with Gasteiger partial charge in [-0.2, -0.15) is 0 Å². The summed E-state index contributed by atoms with van der Waals surface area (Å²) >= 11 is 0. The van der Waals surface area contributed by atoms with Gasteiger partial charge < -0.3 is 23.7 Å². The molecular formula is C23H27N2O4+. The molecule has 0 amide bonds. The highest BCUT2D eigenvalue weighted by Gasteiger charge is 2.27. The second-order valence-corrected chi connectivity index (χ2v) is 7.24. The fraction of sp³-hybridized carbons (Fsp3) is 0.348. The molecule has 3 aromatic rings. The second-order valence-electron chi connectivity index (χ2n) is 7.24. The number of hydrogen-bond acceptors (Lipinski definition) is 5. The van der Waals surface area contributed by atoms with Crippen molar-refractivity contribution >= 4 is 22.6 Å². The summed E-state index contributed by atoms with van der Waals surface area (Å²) in [6.45, 7) is 6.76. The molecule has 6 nitrogen and oxygen atoms in total. The van der Waals surface area contributed by atoms with Crippen molar-refractivity contribution in [2.45, 2.75) is 13.5 Å². The Bertz CT molecular complexity index is 989. The van der Waals surface area contributed by atoms with Gasteiger partial charge in [0.25, 0.3) is 0 Å². The number of carbonyl (C=O) groups is 1. The fourth-order valence-corrected chi connectivity index (χ4v) is 3.95. The third kappa shape index (κ3) is 4.07. The number of nitrogens with zero attached hydrogens (tertiary/aromatic N) is 1. The number of para-hydroxylation sites is 1. The maximum atomic E-state index is 12.4. The van der Waals surface area contributed by atoms with Gasteiger partial charge in [-0.1, -0.05) is 24.3 Å². The number of carbonyl (C=O) groups excluding carboxylic acids is 1. The molecule has 2 heterocycles. The van der Waals surface area contributed by atoms with Crippen molar-refractivity contribution in [2.75, 3.05) is 44.8 Å². The van der Waals surface area contributed by atoms with Gasteiger partial charge in [0.1, 0.15) is 17.9 Å². The van der Waals surface area contributed by atoms with Crippen LogP contribution in [0.15, 0.2) is 52.9 Å². The van der Waals surface area contributed by atoms with Gasteiger partial charge in [0.15, 0.2) is 0 Å². The molecule has 6 heteroatoms. The van der Waals surface area contributed by atoms with E-state index in [-0.39, 0.29) is 5.97 Å². The van der Waals surface area contributed by atoms with Gasteiger partial charge in [-0.15, -0.1) is 0 Å². The van der Waals surface area contributed by atoms with Gasteiger partial charge >= 0.3 is 5.97 Å². The summed E-state index contributed by atoms with van der Waals surface area (Å²) in [4.78, 5) is 16.2. The number of piperazine rings is 1. The summed E-state index contributed by atoms with van der Waals surface area (Å²) in [6, 6.07) is 16.0. The van der Waals surface area contributed by atoms with Gasteiger partial charge in [-0.3, -0.25) is 0 Å². The zero-order valence-corrected chi connectivity index (χ0v) is 16.9. The van der Waals surface area contributed by atoms with Gasteiger partial charge in [-0.05, 0) is 25.1 Å². The second kappa shape index (κ2) is 8.57. The molecule has 29 heavy (non-hydrogen) atoms. The van der Waals surface area contributed by atoms with Crippen LogP contribution in [0.5, 0.6) is 5.75 Å². The van der Waals surface area contributed by atoms with E-state index in [1.54, 1.807) is 7.11 Å². The monoisotopic (exact) mass is 395 g/mol. The van der Waals surface area contributed by atoms with Crippen molar-refractivity contribution in [3.05, 3.63) is 59.9 Å². The molecule has 4 rings (SSSR count). The van der Waals surface area contributed by atoms with Crippen LogP contribution in [-0.2, 0) is 11.3 Å². The summed E-state index contributed by atoms with van der Waals surface area (Å²) in [5.41, 5.74) is 2.87. The Balaban J connectivity index is 1.50. The first-order chi connectivity index (χ1) is 14.2. The highest BCUT2D eigenvalue weighted by molar-refractivity contribution is 5.96. The number of anilines is 1. The Morgan fingerprint density at radius 2 is 1.93 bits per heavy atom. The zero-order chi connectivity index (χ0) is 20.2. The molecule has 0 spiro atoms. The first kappa shape index (κ1) is 19.3. The molecule has 152 valence electrons. The van der Waals surface area contributed by atoms with Crippen LogP contribution >= 0.6 is 0 Å². The zero-order valence-electron chi connectivity index (χ0n) is 16.9. The van der Waals surface area contributed by atoms with Gasteiger partial charge in [0, 0.05) is 17.1 Å². The Morgan fingerprint density at radius 3 is 2.69 bits per heavy atom. The van der Waals surface area contributed by atoms with Crippen LogP contribution in [0.4, 0.5) is 5.69 Å². The Morgan fingerprint density at radius 1 is 1.14 bits per heavy atom. The molecule has 1 saturated heterocycles. The normalized spacial score (nSPS) is 14.9. The number of nitrogens with one attached hydrogen (secondary N) is 1. The SMILES string of the molecule is CCOC(=O)c1oc2ccccc2c1C[NH+]1CCN(c2cccc(OC)c2)CC1. The molecule has 1 aromatic heterocycles. The van der Waals surface area contributed by atoms with Crippen LogP contribution in [0.2, 0.25) is 0 Å². The molecule has 0 atom stereocenters. The van der Waals surface area contributed by atoms with Gasteiger partial charge in [-0.25, -0.2) is 4.79 Å². The van der Waals surface area contributed by atoms with E-state index in [9.17, 15) is 4.79 Å². The van der Waals surface area contributed by atoms with Crippen molar-refractivity contribution in [2.24, 2.45) is 0 Å². The third-order valence-corrected chi connectivity index (χ3v) is 5.47. The molecule has 0 radical (unpaired) electrons. The minimum Gasteiger partial charge on any atom is -0.497 e. The summed E-state index contributed by atoms with van der Waals surface area (Å²) < 4.78 is 16.4. The third-order valence-electron chi connectivity index (χ3n) is 5.47. The molecule has 1 N–H and O–H groups in total. The number of fused-ring (bicyclic) bond motifs is 1. The fourth-order valence-electron chi connectivity index (χ4n) is 3.95. The van der Waals surface area contributed by atoms with E-state index in [2.05, 4.69) is 17.0 Å². The number of esters is 1. The molecule has 0 saturated carbocycles.